The molecule has 1 heterocycles. The predicted octanol–water partition coefficient (Wildman–Crippen LogP) is 6.12. The molecule has 0 bridgehead atoms. The lowest BCUT2D eigenvalue weighted by molar-refractivity contribution is -0.00254. The zero-order valence-corrected chi connectivity index (χ0v) is 18.1. The molecule has 3 rings (SSSR count). The number of anilines is 1. The minimum absolute atomic E-state index is 0.151. The highest BCUT2D eigenvalue weighted by atomic mass is 16.6. The summed E-state index contributed by atoms with van der Waals surface area (Å²) in [5.74, 6) is 0.437. The van der Waals surface area contributed by atoms with Crippen molar-refractivity contribution in [3.05, 3.63) is 35.4 Å². The summed E-state index contributed by atoms with van der Waals surface area (Å²) in [6, 6.07) is 6.85. The topological polar surface area (TPSA) is 55.6 Å². The number of allylic oxidation sites excluding steroid dienone is 2. The van der Waals surface area contributed by atoms with Gasteiger partial charge in [-0.2, -0.15) is 0 Å². The van der Waals surface area contributed by atoms with Crippen molar-refractivity contribution in [1.82, 2.24) is 4.90 Å². The first-order valence-corrected chi connectivity index (χ1v) is 10.8. The van der Waals surface area contributed by atoms with E-state index in [1.807, 2.05) is 25.7 Å². The molecule has 0 saturated carbocycles. The van der Waals surface area contributed by atoms with E-state index >= 15 is 0 Å². The van der Waals surface area contributed by atoms with Crippen LogP contribution in [0.5, 0.6) is 0 Å². The fourth-order valence-electron chi connectivity index (χ4n) is 4.72. The third-order valence-electron chi connectivity index (χ3n) is 5.99. The summed E-state index contributed by atoms with van der Waals surface area (Å²) in [6.45, 7) is 10.0. The average Bonchev–Trinajstić information content (AvgIpc) is 2.60. The molecule has 4 heteroatoms. The zero-order valence-electron chi connectivity index (χ0n) is 18.1. The van der Waals surface area contributed by atoms with E-state index < -0.39 is 5.60 Å². The van der Waals surface area contributed by atoms with Gasteiger partial charge in [-0.25, -0.2) is 4.79 Å². The number of carbonyl (C=O) groups is 1. The van der Waals surface area contributed by atoms with Crippen LogP contribution in [0.1, 0.15) is 90.2 Å². The molecule has 1 saturated heterocycles. The Morgan fingerprint density at radius 1 is 1.14 bits per heavy atom. The van der Waals surface area contributed by atoms with Gasteiger partial charge in [-0.3, -0.25) is 0 Å². The Hall–Kier alpha value is -1.97. The standard InChI is InChI=1S/C24H36N2O2/c1-16-13-20(14-17(2)26(16)23(27)28-24(3,4)5)19-11-12-22(25)21(15-19)18-9-7-6-8-10-18/h9,11-12,15-17,20H,6-8,10,13-14,25H2,1-5H3. The molecular weight excluding hydrogens is 348 g/mol. The van der Waals surface area contributed by atoms with Crippen molar-refractivity contribution in [3.63, 3.8) is 0 Å². The second-order valence-corrected chi connectivity index (χ2v) is 9.58. The van der Waals surface area contributed by atoms with Crippen LogP contribution in [0.3, 0.4) is 0 Å². The van der Waals surface area contributed by atoms with E-state index in [2.05, 4.69) is 38.1 Å². The lowest BCUT2D eigenvalue weighted by Gasteiger charge is -2.43. The predicted molar refractivity (Wildman–Crippen MR) is 116 cm³/mol. The Morgan fingerprint density at radius 3 is 2.39 bits per heavy atom. The van der Waals surface area contributed by atoms with E-state index in [9.17, 15) is 4.79 Å². The van der Waals surface area contributed by atoms with Gasteiger partial charge in [-0.15, -0.1) is 0 Å². The van der Waals surface area contributed by atoms with Gasteiger partial charge in [0.1, 0.15) is 5.60 Å². The number of amides is 1. The minimum Gasteiger partial charge on any atom is -0.444 e. The molecule has 1 amide bonds. The van der Waals surface area contributed by atoms with Crippen LogP contribution in [0.4, 0.5) is 10.5 Å². The molecule has 0 aromatic heterocycles. The van der Waals surface area contributed by atoms with E-state index in [4.69, 9.17) is 10.5 Å². The Labute approximate surface area is 170 Å². The number of benzene rings is 1. The smallest absolute Gasteiger partial charge is 0.410 e. The lowest BCUT2D eigenvalue weighted by Crippen LogP contribution is -2.51. The van der Waals surface area contributed by atoms with Crippen LogP contribution in [0, 0.1) is 0 Å². The molecule has 2 atom stereocenters. The fourth-order valence-corrected chi connectivity index (χ4v) is 4.72. The molecule has 1 aliphatic carbocycles. The van der Waals surface area contributed by atoms with E-state index in [1.54, 1.807) is 0 Å². The second kappa shape index (κ2) is 8.18. The van der Waals surface area contributed by atoms with E-state index in [-0.39, 0.29) is 18.2 Å². The first-order chi connectivity index (χ1) is 13.2. The van der Waals surface area contributed by atoms with Gasteiger partial charge in [0.25, 0.3) is 0 Å². The van der Waals surface area contributed by atoms with Crippen molar-refractivity contribution in [2.24, 2.45) is 0 Å². The third kappa shape index (κ3) is 4.71. The number of nitrogens with two attached hydrogens (primary N) is 1. The first-order valence-electron chi connectivity index (χ1n) is 10.8. The molecule has 154 valence electrons. The fraction of sp³-hybridized carbons (Fsp3) is 0.625. The number of nitrogens with zero attached hydrogens (tertiary/aromatic N) is 1. The van der Waals surface area contributed by atoms with Crippen LogP contribution < -0.4 is 5.73 Å². The summed E-state index contributed by atoms with van der Waals surface area (Å²) in [5, 5.41) is 0. The second-order valence-electron chi connectivity index (χ2n) is 9.58. The van der Waals surface area contributed by atoms with Crippen LogP contribution in [0.15, 0.2) is 24.3 Å². The van der Waals surface area contributed by atoms with Crippen LogP contribution in [-0.4, -0.2) is 28.7 Å². The number of nitrogen functional groups attached to an aromatic ring is 1. The number of piperidine rings is 1. The largest absolute Gasteiger partial charge is 0.444 e. The third-order valence-corrected chi connectivity index (χ3v) is 5.99. The molecule has 0 spiro atoms. The molecule has 4 nitrogen and oxygen atoms in total. The highest BCUT2D eigenvalue weighted by Crippen LogP contribution is 2.39. The molecular formula is C24H36N2O2. The molecule has 1 aromatic carbocycles. The molecule has 1 fully saturated rings. The van der Waals surface area contributed by atoms with Gasteiger partial charge in [-0.05, 0) is 102 Å². The van der Waals surface area contributed by atoms with Crippen LogP contribution in [0.25, 0.3) is 5.57 Å². The molecule has 1 aliphatic heterocycles. The quantitative estimate of drug-likeness (QED) is 0.625. The van der Waals surface area contributed by atoms with E-state index in [0.29, 0.717) is 5.92 Å². The van der Waals surface area contributed by atoms with Gasteiger partial charge in [0.05, 0.1) is 0 Å². The number of hydrogen-bond donors (Lipinski definition) is 1. The number of carbonyl (C=O) groups excluding carboxylic acids is 1. The van der Waals surface area contributed by atoms with Gasteiger partial charge in [0, 0.05) is 23.3 Å². The Balaban J connectivity index is 1.77. The summed E-state index contributed by atoms with van der Waals surface area (Å²) in [6.07, 6.45) is 8.86. The van der Waals surface area contributed by atoms with Crippen molar-refractivity contribution in [2.75, 3.05) is 5.73 Å². The number of hydrogen-bond acceptors (Lipinski definition) is 3. The van der Waals surface area contributed by atoms with Crippen molar-refractivity contribution in [3.8, 4) is 0 Å². The maximum Gasteiger partial charge on any atom is 0.410 e. The SMILES string of the molecule is CC1CC(c2ccc(N)c(C3=CCCCC3)c2)CC(C)N1C(=O)OC(C)(C)C. The highest BCUT2D eigenvalue weighted by Gasteiger charge is 2.37. The Kier molecular flexibility index (Phi) is 6.07. The lowest BCUT2D eigenvalue weighted by atomic mass is 9.81. The Morgan fingerprint density at radius 2 is 1.82 bits per heavy atom. The summed E-state index contributed by atoms with van der Waals surface area (Å²) < 4.78 is 5.64. The van der Waals surface area contributed by atoms with E-state index in [0.717, 1.165) is 31.4 Å². The molecule has 0 radical (unpaired) electrons. The van der Waals surface area contributed by atoms with Gasteiger partial charge in [0.15, 0.2) is 0 Å². The zero-order chi connectivity index (χ0) is 20.5. The normalized spacial score (nSPS) is 26.0. The molecule has 1 aromatic rings. The van der Waals surface area contributed by atoms with Gasteiger partial charge in [-0.1, -0.05) is 12.1 Å². The maximum absolute atomic E-state index is 12.7. The summed E-state index contributed by atoms with van der Waals surface area (Å²) >= 11 is 0. The molecule has 28 heavy (non-hydrogen) atoms. The number of rotatable bonds is 2. The average molecular weight is 385 g/mol. The molecule has 2 N–H and O–H groups in total. The van der Waals surface area contributed by atoms with Crippen LogP contribution in [-0.2, 0) is 4.74 Å². The summed E-state index contributed by atoms with van der Waals surface area (Å²) in [7, 11) is 0. The van der Waals surface area contributed by atoms with Gasteiger partial charge in [0.2, 0.25) is 0 Å². The van der Waals surface area contributed by atoms with Gasteiger partial charge >= 0.3 is 6.09 Å². The van der Waals surface area contributed by atoms with Gasteiger partial charge < -0.3 is 15.4 Å². The Bertz CT molecular complexity index is 735. The van der Waals surface area contributed by atoms with Crippen molar-refractivity contribution in [2.45, 2.75) is 96.7 Å². The summed E-state index contributed by atoms with van der Waals surface area (Å²) in [5.41, 5.74) is 10.7. The molecule has 2 aliphatic rings. The van der Waals surface area contributed by atoms with Crippen molar-refractivity contribution in [1.29, 1.82) is 0 Å². The summed E-state index contributed by atoms with van der Waals surface area (Å²) in [4.78, 5) is 14.6. The number of likely N-dealkylation sites (tertiary alicyclic amines) is 1. The number of ether oxygens (including phenoxy) is 1. The van der Waals surface area contributed by atoms with Crippen molar-refractivity contribution < 1.29 is 9.53 Å². The van der Waals surface area contributed by atoms with E-state index in [1.165, 1.54) is 29.5 Å². The minimum atomic E-state index is -0.465. The first kappa shape index (κ1) is 20.8. The highest BCUT2D eigenvalue weighted by molar-refractivity contribution is 5.76. The molecule has 2 unspecified atom stereocenters. The monoisotopic (exact) mass is 384 g/mol. The maximum atomic E-state index is 12.7. The van der Waals surface area contributed by atoms with Crippen LogP contribution in [0.2, 0.25) is 0 Å². The van der Waals surface area contributed by atoms with Crippen LogP contribution >= 0.6 is 0 Å². The van der Waals surface area contributed by atoms with Crippen molar-refractivity contribution >= 4 is 17.4 Å².